The lowest BCUT2D eigenvalue weighted by molar-refractivity contribution is -0.139. The van der Waals surface area contributed by atoms with Crippen LogP contribution in [0, 0.1) is 0 Å². The fourth-order valence-corrected chi connectivity index (χ4v) is 2.58. The second-order valence-corrected chi connectivity index (χ2v) is 5.70. The Morgan fingerprint density at radius 3 is 2.63 bits per heavy atom. The van der Waals surface area contributed by atoms with E-state index in [1.54, 1.807) is 23.7 Å². The maximum absolute atomic E-state index is 12.0. The molecule has 1 unspecified atom stereocenters. The highest BCUT2D eigenvalue weighted by Gasteiger charge is 2.25. The van der Waals surface area contributed by atoms with Crippen LogP contribution in [0.15, 0.2) is 0 Å². The molecule has 0 radical (unpaired) electrons. The summed E-state index contributed by atoms with van der Waals surface area (Å²) in [5, 5.41) is 14.9. The van der Waals surface area contributed by atoms with E-state index >= 15 is 0 Å². The number of nitrogens with one attached hydrogen (secondary N) is 2. The summed E-state index contributed by atoms with van der Waals surface area (Å²) in [4.78, 5) is 24.8. The third-order valence-corrected chi connectivity index (χ3v) is 4.03. The summed E-state index contributed by atoms with van der Waals surface area (Å²) in [6.07, 6.45) is 4.18. The van der Waals surface area contributed by atoms with Crippen LogP contribution in [0.3, 0.4) is 0 Å². The van der Waals surface area contributed by atoms with Crippen molar-refractivity contribution in [3.63, 3.8) is 0 Å². The standard InChI is InChI=1S/C12H23N3O3S/c1-15(9-3-6-13-7-4-9)12(18)14-10(11(16)17)5-8-19-2/h9-10,13H,3-8H2,1-2H3,(H,14,18)(H,16,17). The van der Waals surface area contributed by atoms with Gasteiger partial charge >= 0.3 is 12.0 Å². The molecule has 110 valence electrons. The van der Waals surface area contributed by atoms with Crippen molar-refractivity contribution in [2.75, 3.05) is 32.1 Å². The first-order chi connectivity index (χ1) is 9.06. The lowest BCUT2D eigenvalue weighted by Gasteiger charge is -2.32. The summed E-state index contributed by atoms with van der Waals surface area (Å²) in [6, 6.07) is -0.902. The number of carboxylic acids is 1. The van der Waals surface area contributed by atoms with Crippen molar-refractivity contribution in [1.29, 1.82) is 0 Å². The summed E-state index contributed by atoms with van der Waals surface area (Å²) in [5.41, 5.74) is 0. The highest BCUT2D eigenvalue weighted by atomic mass is 32.2. The molecular formula is C12H23N3O3S. The highest BCUT2D eigenvalue weighted by molar-refractivity contribution is 7.98. The average molecular weight is 289 g/mol. The van der Waals surface area contributed by atoms with E-state index < -0.39 is 12.0 Å². The molecule has 1 atom stereocenters. The Bertz CT molecular complexity index is 309. The molecule has 0 aromatic rings. The molecule has 1 aliphatic rings. The Balaban J connectivity index is 2.47. The minimum Gasteiger partial charge on any atom is -0.480 e. The van der Waals surface area contributed by atoms with Gasteiger partial charge in [-0.1, -0.05) is 0 Å². The molecule has 1 aliphatic heterocycles. The number of nitrogens with zero attached hydrogens (tertiary/aromatic N) is 1. The molecule has 0 saturated carbocycles. The second kappa shape index (κ2) is 8.27. The SMILES string of the molecule is CSCCC(NC(=O)N(C)C1CCNCC1)C(=O)O. The van der Waals surface area contributed by atoms with Crippen LogP contribution in [0.25, 0.3) is 0 Å². The Morgan fingerprint density at radius 1 is 1.47 bits per heavy atom. The van der Waals surface area contributed by atoms with Crippen LogP contribution in [-0.4, -0.2) is 66.2 Å². The van der Waals surface area contributed by atoms with Crippen molar-refractivity contribution < 1.29 is 14.7 Å². The van der Waals surface area contributed by atoms with Crippen molar-refractivity contribution in [3.05, 3.63) is 0 Å². The summed E-state index contributed by atoms with van der Waals surface area (Å²) in [5.74, 6) is -0.255. The second-order valence-electron chi connectivity index (χ2n) is 4.71. The largest absolute Gasteiger partial charge is 0.480 e. The monoisotopic (exact) mass is 289 g/mol. The zero-order valence-electron chi connectivity index (χ0n) is 11.5. The maximum atomic E-state index is 12.0. The number of hydrogen-bond acceptors (Lipinski definition) is 4. The summed E-state index contributed by atoms with van der Waals surface area (Å²) in [7, 11) is 1.73. The fraction of sp³-hybridized carbons (Fsp3) is 0.833. The number of amides is 2. The number of aliphatic carboxylic acids is 1. The lowest BCUT2D eigenvalue weighted by Crippen LogP contribution is -2.52. The molecule has 1 saturated heterocycles. The van der Waals surface area contributed by atoms with Crippen LogP contribution in [-0.2, 0) is 4.79 Å². The van der Waals surface area contributed by atoms with Crippen molar-refractivity contribution in [2.45, 2.75) is 31.3 Å². The van der Waals surface area contributed by atoms with Gasteiger partial charge in [-0.2, -0.15) is 11.8 Å². The number of piperidine rings is 1. The quantitative estimate of drug-likeness (QED) is 0.666. The van der Waals surface area contributed by atoms with E-state index in [0.29, 0.717) is 12.2 Å². The van der Waals surface area contributed by atoms with Gasteiger partial charge in [-0.3, -0.25) is 0 Å². The molecule has 0 aliphatic carbocycles. The minimum absolute atomic E-state index is 0.191. The Labute approximate surface area is 118 Å². The molecule has 1 fully saturated rings. The Hall–Kier alpha value is -0.950. The smallest absolute Gasteiger partial charge is 0.326 e. The molecule has 7 heteroatoms. The number of carbonyl (C=O) groups is 2. The van der Waals surface area contributed by atoms with E-state index in [1.165, 1.54) is 0 Å². The molecule has 0 bridgehead atoms. The molecule has 1 rings (SSSR count). The van der Waals surface area contributed by atoms with Crippen LogP contribution in [0.5, 0.6) is 0 Å². The third-order valence-electron chi connectivity index (χ3n) is 3.38. The van der Waals surface area contributed by atoms with Crippen LogP contribution < -0.4 is 10.6 Å². The predicted molar refractivity (Wildman–Crippen MR) is 76.6 cm³/mol. The normalized spacial score (nSPS) is 17.8. The number of carboxylic acid groups (broad SMARTS) is 1. The van der Waals surface area contributed by atoms with Gasteiger partial charge in [-0.25, -0.2) is 9.59 Å². The van der Waals surface area contributed by atoms with Gasteiger partial charge in [0.15, 0.2) is 0 Å². The average Bonchev–Trinajstić information content (AvgIpc) is 2.43. The van der Waals surface area contributed by atoms with Gasteiger partial charge in [-0.05, 0) is 44.4 Å². The van der Waals surface area contributed by atoms with Gasteiger partial charge in [-0.15, -0.1) is 0 Å². The number of hydrogen-bond donors (Lipinski definition) is 3. The van der Waals surface area contributed by atoms with Crippen LogP contribution in [0.2, 0.25) is 0 Å². The maximum Gasteiger partial charge on any atom is 0.326 e. The van der Waals surface area contributed by atoms with Gasteiger partial charge in [0, 0.05) is 13.1 Å². The lowest BCUT2D eigenvalue weighted by atomic mass is 10.1. The van der Waals surface area contributed by atoms with Gasteiger partial charge in [0.25, 0.3) is 0 Å². The first kappa shape index (κ1) is 16.1. The molecular weight excluding hydrogens is 266 g/mol. The molecule has 3 N–H and O–H groups in total. The third kappa shape index (κ3) is 5.28. The number of carbonyl (C=O) groups excluding carboxylic acids is 1. The summed E-state index contributed by atoms with van der Waals surface area (Å²) < 4.78 is 0. The van der Waals surface area contributed by atoms with E-state index in [2.05, 4.69) is 10.6 Å². The first-order valence-electron chi connectivity index (χ1n) is 6.52. The van der Waals surface area contributed by atoms with Crippen molar-refractivity contribution in [2.24, 2.45) is 0 Å². The molecule has 0 aromatic carbocycles. The predicted octanol–water partition coefficient (Wildman–Crippen LogP) is 0.586. The molecule has 1 heterocycles. The Morgan fingerprint density at radius 2 is 2.11 bits per heavy atom. The van der Waals surface area contributed by atoms with Gasteiger partial charge in [0.2, 0.25) is 0 Å². The number of urea groups is 1. The summed E-state index contributed by atoms with van der Waals surface area (Å²) >= 11 is 1.57. The highest BCUT2D eigenvalue weighted by Crippen LogP contribution is 2.10. The van der Waals surface area contributed by atoms with Crippen molar-refractivity contribution in [3.8, 4) is 0 Å². The van der Waals surface area contributed by atoms with E-state index in [4.69, 9.17) is 5.11 Å². The summed E-state index contributed by atoms with van der Waals surface area (Å²) in [6.45, 7) is 1.80. The van der Waals surface area contributed by atoms with E-state index in [0.717, 1.165) is 25.9 Å². The topological polar surface area (TPSA) is 81.7 Å². The molecule has 2 amide bonds. The molecule has 6 nitrogen and oxygen atoms in total. The number of thioether (sulfide) groups is 1. The van der Waals surface area contributed by atoms with E-state index in [-0.39, 0.29) is 12.1 Å². The zero-order chi connectivity index (χ0) is 14.3. The first-order valence-corrected chi connectivity index (χ1v) is 7.91. The Kier molecular flexibility index (Phi) is 7.01. The van der Waals surface area contributed by atoms with Crippen LogP contribution in [0.1, 0.15) is 19.3 Å². The minimum atomic E-state index is -0.971. The van der Waals surface area contributed by atoms with Gasteiger partial charge in [0.1, 0.15) is 6.04 Å². The van der Waals surface area contributed by atoms with Crippen LogP contribution >= 0.6 is 11.8 Å². The van der Waals surface area contributed by atoms with E-state index in [9.17, 15) is 9.59 Å². The van der Waals surface area contributed by atoms with Crippen molar-refractivity contribution in [1.82, 2.24) is 15.5 Å². The fourth-order valence-electron chi connectivity index (χ4n) is 2.10. The molecule has 0 spiro atoms. The molecule has 19 heavy (non-hydrogen) atoms. The van der Waals surface area contributed by atoms with E-state index in [1.807, 2.05) is 6.26 Å². The van der Waals surface area contributed by atoms with Crippen molar-refractivity contribution >= 4 is 23.8 Å². The van der Waals surface area contributed by atoms with Crippen LogP contribution in [0.4, 0.5) is 4.79 Å². The van der Waals surface area contributed by atoms with Gasteiger partial charge in [0.05, 0.1) is 0 Å². The van der Waals surface area contributed by atoms with Gasteiger partial charge < -0.3 is 20.6 Å². The molecule has 0 aromatic heterocycles. The number of rotatable bonds is 6. The zero-order valence-corrected chi connectivity index (χ0v) is 12.3.